The third-order valence-electron chi connectivity index (χ3n) is 5.21. The third-order valence-corrected chi connectivity index (χ3v) is 5.21. The molecule has 4 rings (SSSR count). The molecule has 0 radical (unpaired) electrons. The number of amides is 1. The maximum Gasteiger partial charge on any atom is 0.296 e. The summed E-state index contributed by atoms with van der Waals surface area (Å²) in [5.41, 5.74) is 1.39. The van der Waals surface area contributed by atoms with Crippen LogP contribution >= 0.6 is 0 Å². The summed E-state index contributed by atoms with van der Waals surface area (Å²) >= 11 is 0. The number of aryl methyl sites for hydroxylation is 1. The SMILES string of the molecule is Cc1cc(/C(O)=C2/C(=O)C(=O)N(Cc3ccc(F)cc3)C2c2ccccn2)ccc1F. The number of aliphatic hydroxyl groups is 1. The lowest BCUT2D eigenvalue weighted by atomic mass is 9.97. The predicted molar refractivity (Wildman–Crippen MR) is 110 cm³/mol. The maximum atomic E-state index is 13.7. The van der Waals surface area contributed by atoms with Gasteiger partial charge in [0, 0.05) is 18.3 Å². The van der Waals surface area contributed by atoms with E-state index < -0.39 is 35.1 Å². The highest BCUT2D eigenvalue weighted by molar-refractivity contribution is 6.46. The number of hydrogen-bond acceptors (Lipinski definition) is 4. The topological polar surface area (TPSA) is 70.5 Å². The van der Waals surface area contributed by atoms with Gasteiger partial charge < -0.3 is 10.0 Å². The molecule has 1 aliphatic rings. The van der Waals surface area contributed by atoms with Crippen LogP contribution in [0.1, 0.15) is 28.4 Å². The number of Topliss-reactive ketones (excluding diaryl/α,β-unsaturated/α-hetero) is 1. The summed E-state index contributed by atoms with van der Waals surface area (Å²) in [7, 11) is 0. The van der Waals surface area contributed by atoms with E-state index >= 15 is 0 Å². The molecule has 1 N–H and O–H groups in total. The van der Waals surface area contributed by atoms with Crippen molar-refractivity contribution in [2.75, 3.05) is 0 Å². The number of carbonyl (C=O) groups excluding carboxylic acids is 2. The highest BCUT2D eigenvalue weighted by atomic mass is 19.1. The van der Waals surface area contributed by atoms with Crippen LogP contribution < -0.4 is 0 Å². The Bertz CT molecular complexity index is 1190. The Labute approximate surface area is 177 Å². The van der Waals surface area contributed by atoms with E-state index in [1.54, 1.807) is 18.2 Å². The monoisotopic (exact) mass is 420 g/mol. The van der Waals surface area contributed by atoms with Gasteiger partial charge in [0.2, 0.25) is 0 Å². The number of aromatic nitrogens is 1. The number of rotatable bonds is 4. The molecule has 0 saturated carbocycles. The number of hydrogen-bond donors (Lipinski definition) is 1. The number of carbonyl (C=O) groups is 2. The van der Waals surface area contributed by atoms with Crippen molar-refractivity contribution >= 4 is 17.4 Å². The normalized spacial score (nSPS) is 17.9. The number of pyridine rings is 1. The van der Waals surface area contributed by atoms with Gasteiger partial charge in [-0.1, -0.05) is 18.2 Å². The molecule has 2 aromatic carbocycles. The summed E-state index contributed by atoms with van der Waals surface area (Å²) in [6.07, 6.45) is 1.52. The highest BCUT2D eigenvalue weighted by Crippen LogP contribution is 2.39. The molecular weight excluding hydrogens is 402 g/mol. The first-order chi connectivity index (χ1) is 14.9. The average Bonchev–Trinajstić information content (AvgIpc) is 3.02. The van der Waals surface area contributed by atoms with Crippen molar-refractivity contribution in [2.45, 2.75) is 19.5 Å². The molecule has 0 spiro atoms. The second kappa shape index (κ2) is 8.10. The van der Waals surface area contributed by atoms with Crippen LogP contribution in [0.25, 0.3) is 5.76 Å². The first-order valence-corrected chi connectivity index (χ1v) is 9.57. The minimum absolute atomic E-state index is 0.0192. The van der Waals surface area contributed by atoms with Crippen molar-refractivity contribution in [2.24, 2.45) is 0 Å². The van der Waals surface area contributed by atoms with E-state index in [1.165, 1.54) is 60.5 Å². The van der Waals surface area contributed by atoms with Crippen LogP contribution in [0.15, 0.2) is 72.4 Å². The fourth-order valence-corrected chi connectivity index (χ4v) is 3.62. The van der Waals surface area contributed by atoms with Crippen molar-refractivity contribution < 1.29 is 23.5 Å². The van der Waals surface area contributed by atoms with Gasteiger partial charge in [-0.25, -0.2) is 8.78 Å². The number of nitrogens with zero attached hydrogens (tertiary/aromatic N) is 2. The molecule has 2 heterocycles. The Balaban J connectivity index is 1.85. The lowest BCUT2D eigenvalue weighted by Gasteiger charge is -2.24. The smallest absolute Gasteiger partial charge is 0.296 e. The molecule has 1 aliphatic heterocycles. The van der Waals surface area contributed by atoms with Crippen molar-refractivity contribution in [3.05, 3.63) is 106 Å². The molecule has 0 bridgehead atoms. The molecule has 156 valence electrons. The van der Waals surface area contributed by atoms with Crippen LogP contribution in [-0.2, 0) is 16.1 Å². The molecule has 3 aromatic rings. The van der Waals surface area contributed by atoms with Gasteiger partial charge in [-0.15, -0.1) is 0 Å². The third kappa shape index (κ3) is 3.82. The molecule has 1 saturated heterocycles. The van der Waals surface area contributed by atoms with Crippen LogP contribution in [-0.4, -0.2) is 26.7 Å². The predicted octanol–water partition coefficient (Wildman–Crippen LogP) is 4.29. The Hall–Kier alpha value is -3.87. The molecule has 31 heavy (non-hydrogen) atoms. The Morgan fingerprint density at radius 2 is 1.81 bits per heavy atom. The zero-order valence-electron chi connectivity index (χ0n) is 16.5. The van der Waals surface area contributed by atoms with E-state index in [1.807, 2.05) is 0 Å². The average molecular weight is 420 g/mol. The highest BCUT2D eigenvalue weighted by Gasteiger charge is 2.46. The van der Waals surface area contributed by atoms with Crippen LogP contribution in [0.4, 0.5) is 8.78 Å². The fraction of sp³-hybridized carbons (Fsp3) is 0.125. The van der Waals surface area contributed by atoms with E-state index in [9.17, 15) is 23.5 Å². The summed E-state index contributed by atoms with van der Waals surface area (Å²) in [5.74, 6) is -2.94. The van der Waals surface area contributed by atoms with E-state index in [4.69, 9.17) is 0 Å². The van der Waals surface area contributed by atoms with E-state index in [-0.39, 0.29) is 17.7 Å². The summed E-state index contributed by atoms with van der Waals surface area (Å²) in [6, 6.07) is 13.6. The van der Waals surface area contributed by atoms with Crippen LogP contribution in [0, 0.1) is 18.6 Å². The molecule has 1 amide bonds. The summed E-state index contributed by atoms with van der Waals surface area (Å²) in [5, 5.41) is 11.0. The van der Waals surface area contributed by atoms with Gasteiger partial charge in [-0.05, 0) is 60.5 Å². The van der Waals surface area contributed by atoms with Gasteiger partial charge in [0.15, 0.2) is 0 Å². The molecule has 0 aliphatic carbocycles. The second-order valence-electron chi connectivity index (χ2n) is 7.27. The maximum absolute atomic E-state index is 13.7. The molecule has 5 nitrogen and oxygen atoms in total. The Morgan fingerprint density at radius 1 is 1.06 bits per heavy atom. The van der Waals surface area contributed by atoms with Crippen LogP contribution in [0.5, 0.6) is 0 Å². The van der Waals surface area contributed by atoms with Crippen molar-refractivity contribution in [1.29, 1.82) is 0 Å². The number of likely N-dealkylation sites (tertiary alicyclic amines) is 1. The number of ketones is 1. The summed E-state index contributed by atoms with van der Waals surface area (Å²) < 4.78 is 27.0. The Kier molecular flexibility index (Phi) is 5.33. The van der Waals surface area contributed by atoms with Gasteiger partial charge >= 0.3 is 0 Å². The second-order valence-corrected chi connectivity index (χ2v) is 7.27. The molecule has 7 heteroatoms. The van der Waals surface area contributed by atoms with Crippen molar-refractivity contribution in [3.63, 3.8) is 0 Å². The van der Waals surface area contributed by atoms with Gasteiger partial charge in [0.25, 0.3) is 11.7 Å². The number of benzene rings is 2. The van der Waals surface area contributed by atoms with E-state index in [0.29, 0.717) is 16.8 Å². The van der Waals surface area contributed by atoms with Crippen LogP contribution in [0.3, 0.4) is 0 Å². The lowest BCUT2D eigenvalue weighted by molar-refractivity contribution is -0.140. The summed E-state index contributed by atoms with van der Waals surface area (Å²) in [4.78, 5) is 31.4. The minimum Gasteiger partial charge on any atom is -0.507 e. The first-order valence-electron chi connectivity index (χ1n) is 9.57. The van der Waals surface area contributed by atoms with E-state index in [2.05, 4.69) is 4.98 Å². The van der Waals surface area contributed by atoms with Crippen LogP contribution in [0.2, 0.25) is 0 Å². The lowest BCUT2D eigenvalue weighted by Crippen LogP contribution is -2.29. The van der Waals surface area contributed by atoms with Crippen molar-refractivity contribution in [3.8, 4) is 0 Å². The van der Waals surface area contributed by atoms with Gasteiger partial charge in [-0.2, -0.15) is 0 Å². The van der Waals surface area contributed by atoms with Crippen molar-refractivity contribution in [1.82, 2.24) is 9.88 Å². The molecule has 1 atom stereocenters. The number of halogens is 2. The molecule has 1 unspecified atom stereocenters. The Morgan fingerprint density at radius 3 is 2.45 bits per heavy atom. The zero-order chi connectivity index (χ0) is 22.1. The van der Waals surface area contributed by atoms with E-state index in [0.717, 1.165) is 0 Å². The van der Waals surface area contributed by atoms with Gasteiger partial charge in [0.1, 0.15) is 23.4 Å². The zero-order valence-corrected chi connectivity index (χ0v) is 16.5. The van der Waals surface area contributed by atoms with Gasteiger partial charge in [0.05, 0.1) is 11.3 Å². The molecule has 1 aromatic heterocycles. The summed E-state index contributed by atoms with van der Waals surface area (Å²) in [6.45, 7) is 1.56. The first kappa shape index (κ1) is 20.4. The molecule has 1 fully saturated rings. The minimum atomic E-state index is -0.948. The quantitative estimate of drug-likeness (QED) is 0.388. The molecular formula is C24H18F2N2O3. The number of aliphatic hydroxyl groups excluding tert-OH is 1. The fourth-order valence-electron chi connectivity index (χ4n) is 3.62. The standard InChI is InChI=1S/C24H18F2N2O3/c1-14-12-16(7-10-18(14)26)22(29)20-21(19-4-2-3-11-27-19)28(24(31)23(20)30)13-15-5-8-17(25)9-6-15/h2-12,21,29H,13H2,1H3/b22-20-. The van der Waals surface area contributed by atoms with Gasteiger partial charge in [-0.3, -0.25) is 14.6 Å². The largest absolute Gasteiger partial charge is 0.507 e.